The van der Waals surface area contributed by atoms with Crippen molar-refractivity contribution in [2.75, 3.05) is 18.0 Å². The fourth-order valence-electron chi connectivity index (χ4n) is 5.77. The van der Waals surface area contributed by atoms with Gasteiger partial charge in [0.25, 0.3) is 0 Å². The minimum Gasteiger partial charge on any atom is -0.347 e. The molecule has 1 aromatic carbocycles. The molecule has 8 nitrogen and oxygen atoms in total. The van der Waals surface area contributed by atoms with Crippen LogP contribution >= 0.6 is 0 Å². The Morgan fingerprint density at radius 2 is 1.91 bits per heavy atom. The summed E-state index contributed by atoms with van der Waals surface area (Å²) >= 11 is 0. The zero-order valence-corrected chi connectivity index (χ0v) is 24.2. The number of hydrogen-bond acceptors (Lipinski definition) is 6. The molecular weight excluding hydrogens is 550 g/mol. The number of amides is 1. The van der Waals surface area contributed by atoms with Crippen LogP contribution < -0.4 is 10.6 Å². The number of hydrogen-bond donors (Lipinski definition) is 0. The van der Waals surface area contributed by atoms with Crippen LogP contribution in [0.4, 0.5) is 14.6 Å². The fourth-order valence-corrected chi connectivity index (χ4v) is 5.77. The third kappa shape index (κ3) is 5.11. The van der Waals surface area contributed by atoms with E-state index in [9.17, 15) is 9.59 Å². The molecule has 222 valence electrons. The molecule has 1 aliphatic heterocycles. The molecule has 10 heteroatoms. The highest BCUT2D eigenvalue weighted by Crippen LogP contribution is 2.36. The summed E-state index contributed by atoms with van der Waals surface area (Å²) < 4.78 is 72.9. The molecule has 1 fully saturated rings. The molecule has 4 aromatic rings. The quantitative estimate of drug-likeness (QED) is 0.264. The maximum atomic E-state index is 16.3. The van der Waals surface area contributed by atoms with Gasteiger partial charge < -0.3 is 9.80 Å². The Morgan fingerprint density at radius 1 is 1.16 bits per heavy atom. The Morgan fingerprint density at radius 3 is 2.56 bits per heavy atom. The Labute approximate surface area is 256 Å². The van der Waals surface area contributed by atoms with Crippen LogP contribution in [-0.4, -0.2) is 55.5 Å². The van der Waals surface area contributed by atoms with Crippen molar-refractivity contribution in [1.82, 2.24) is 24.4 Å². The lowest BCUT2D eigenvalue weighted by Crippen LogP contribution is -2.58. The van der Waals surface area contributed by atoms with E-state index in [1.807, 2.05) is 13.8 Å². The maximum Gasteiger partial charge on any atom is 0.355 e. The normalized spacial score (nSPS) is 18.9. The van der Waals surface area contributed by atoms with E-state index in [4.69, 9.17) is 6.85 Å². The highest BCUT2D eigenvalue weighted by Gasteiger charge is 2.34. The van der Waals surface area contributed by atoms with Gasteiger partial charge in [0.1, 0.15) is 17.3 Å². The van der Waals surface area contributed by atoms with Crippen molar-refractivity contribution in [3.63, 3.8) is 0 Å². The number of fused-ring (bicyclic) bond motifs is 1. The van der Waals surface area contributed by atoms with E-state index in [0.29, 0.717) is 0 Å². The second kappa shape index (κ2) is 11.5. The lowest BCUT2D eigenvalue weighted by atomic mass is 10.0. The summed E-state index contributed by atoms with van der Waals surface area (Å²) in [6.45, 7) is 7.85. The van der Waals surface area contributed by atoms with E-state index in [1.165, 1.54) is 30.5 Å². The van der Waals surface area contributed by atoms with Gasteiger partial charge in [0.2, 0.25) is 5.91 Å². The number of benzene rings is 1. The molecule has 1 saturated heterocycles. The van der Waals surface area contributed by atoms with Crippen LogP contribution in [0.25, 0.3) is 34.1 Å². The number of halogens is 2. The second-order valence-electron chi connectivity index (χ2n) is 10.9. The molecule has 3 aromatic heterocycles. The third-order valence-corrected chi connectivity index (χ3v) is 7.61. The van der Waals surface area contributed by atoms with Crippen molar-refractivity contribution in [3.05, 3.63) is 94.7 Å². The summed E-state index contributed by atoms with van der Waals surface area (Å²) in [4.78, 5) is 43.4. The first-order chi connectivity index (χ1) is 22.5. The zero-order chi connectivity index (χ0) is 35.2. The van der Waals surface area contributed by atoms with Crippen LogP contribution in [0, 0.1) is 18.5 Å². The molecule has 0 unspecified atom stereocenters. The van der Waals surface area contributed by atoms with Crippen molar-refractivity contribution in [2.45, 2.75) is 52.5 Å². The molecule has 2 atom stereocenters. The molecule has 0 saturated carbocycles. The van der Waals surface area contributed by atoms with Crippen LogP contribution in [0.3, 0.4) is 0 Å². The number of pyridine rings is 2. The fraction of sp³-hybridized carbons (Fsp3) is 0.303. The van der Waals surface area contributed by atoms with Crippen molar-refractivity contribution >= 4 is 28.8 Å². The molecule has 0 N–H and O–H groups in total. The first-order valence-corrected chi connectivity index (χ1v) is 13.8. The summed E-state index contributed by atoms with van der Waals surface area (Å²) in [5.41, 5.74) is -2.07. The number of carbonyl (C=O) groups is 1. The Balaban J connectivity index is 1.93. The minimum atomic E-state index is -2.71. The number of piperazine rings is 1. The summed E-state index contributed by atoms with van der Waals surface area (Å²) in [5, 5.41) is 0.0307. The molecule has 0 aliphatic carbocycles. The van der Waals surface area contributed by atoms with Crippen molar-refractivity contribution in [3.8, 4) is 16.9 Å². The molecule has 0 bridgehead atoms. The van der Waals surface area contributed by atoms with Gasteiger partial charge in [-0.1, -0.05) is 45.2 Å². The van der Waals surface area contributed by atoms with E-state index in [1.54, 1.807) is 23.6 Å². The van der Waals surface area contributed by atoms with Crippen LogP contribution in [0.15, 0.2) is 60.5 Å². The monoisotopic (exact) mass is 589 g/mol. The Kier molecular flexibility index (Phi) is 6.37. The van der Waals surface area contributed by atoms with E-state index in [-0.39, 0.29) is 69.8 Å². The first kappa shape index (κ1) is 23.8. The van der Waals surface area contributed by atoms with Gasteiger partial charge in [-0.15, -0.1) is 0 Å². The van der Waals surface area contributed by atoms with E-state index < -0.39 is 48.5 Å². The van der Waals surface area contributed by atoms with Crippen LogP contribution in [0.5, 0.6) is 0 Å². The van der Waals surface area contributed by atoms with Crippen molar-refractivity contribution in [2.24, 2.45) is 0 Å². The molecule has 0 spiro atoms. The lowest BCUT2D eigenvalue weighted by Gasteiger charge is -2.45. The van der Waals surface area contributed by atoms with Crippen molar-refractivity contribution < 1.29 is 20.4 Å². The molecule has 0 radical (unpaired) electrons. The summed E-state index contributed by atoms with van der Waals surface area (Å²) in [7, 11) is 0. The van der Waals surface area contributed by atoms with Crippen molar-refractivity contribution in [1.29, 1.82) is 0 Å². The highest BCUT2D eigenvalue weighted by atomic mass is 19.1. The smallest absolute Gasteiger partial charge is 0.347 e. The van der Waals surface area contributed by atoms with Crippen LogP contribution in [-0.2, 0) is 4.79 Å². The average Bonchev–Trinajstić information content (AvgIpc) is 2.99. The van der Waals surface area contributed by atoms with Crippen LogP contribution in [0.1, 0.15) is 57.3 Å². The Hall–Kier alpha value is -4.73. The summed E-state index contributed by atoms with van der Waals surface area (Å²) in [6, 6.07) is 5.34. The largest absolute Gasteiger partial charge is 0.355 e. The van der Waals surface area contributed by atoms with Gasteiger partial charge >= 0.3 is 5.69 Å². The molecular formula is C33H34F2N6O2. The van der Waals surface area contributed by atoms with E-state index in [2.05, 4.69) is 21.5 Å². The number of anilines is 1. The number of aromatic nitrogens is 4. The van der Waals surface area contributed by atoms with Gasteiger partial charge in [0.05, 0.1) is 19.5 Å². The Bertz CT molecular complexity index is 2010. The molecule has 4 heterocycles. The van der Waals surface area contributed by atoms with Crippen LogP contribution in [0.2, 0.25) is 0 Å². The number of carbonyl (C=O) groups excluding carboxylic acids is 1. The standard InChI is InChI=1S/C33H34F2N6O2/c1-8-22-11-10-12-24(34)27(22)29-25(35)15-23-31(37-29)41(30-19(5)13-14-36-28(30)18(3)4)33(43)38-32(23)40-20(6)16-39(17-21(40)7)26(42)9-2/h8-15,18,20-21H,1-2,16-17H2,3-7H3/t20-,21-/m0/s1/i1D2,5D3. The first-order valence-electron chi connectivity index (χ1n) is 16.3. The third-order valence-electron chi connectivity index (χ3n) is 7.61. The van der Waals surface area contributed by atoms with E-state index in [0.717, 1.165) is 22.8 Å². The molecule has 43 heavy (non-hydrogen) atoms. The van der Waals surface area contributed by atoms with E-state index >= 15 is 8.78 Å². The molecule has 1 aliphatic rings. The predicted molar refractivity (Wildman–Crippen MR) is 165 cm³/mol. The molecule has 1 amide bonds. The van der Waals surface area contributed by atoms with Gasteiger partial charge in [-0.05, 0) is 62.0 Å². The topological polar surface area (TPSA) is 84.2 Å². The van der Waals surface area contributed by atoms with Gasteiger partial charge in [0, 0.05) is 41.0 Å². The average molecular weight is 590 g/mol. The molecule has 5 rings (SSSR count). The van der Waals surface area contributed by atoms with Gasteiger partial charge in [-0.2, -0.15) is 4.98 Å². The minimum absolute atomic E-state index is 0.00149. The maximum absolute atomic E-state index is 16.3. The SMILES string of the molecule is [2H]C([2H])=Cc1cccc(F)c1-c1nc2c(cc1F)c(N1[C@@H](C)CN(C(=O)C=C)C[C@@H]1C)nc(=O)n2-c1c(C([2H])([2H])[2H])ccnc1C(C)C. The van der Waals surface area contributed by atoms with Gasteiger partial charge in [0.15, 0.2) is 11.5 Å². The number of nitrogens with zero attached hydrogens (tertiary/aromatic N) is 6. The highest BCUT2D eigenvalue weighted by molar-refractivity contribution is 5.92. The second-order valence-corrected chi connectivity index (χ2v) is 10.9. The number of rotatable bonds is 6. The zero-order valence-electron chi connectivity index (χ0n) is 29.2. The summed E-state index contributed by atoms with van der Waals surface area (Å²) in [6.07, 6.45) is 3.58. The van der Waals surface area contributed by atoms with Gasteiger partial charge in [-0.25, -0.2) is 23.1 Å². The van der Waals surface area contributed by atoms with Gasteiger partial charge in [-0.3, -0.25) is 9.78 Å². The number of aryl methyl sites for hydroxylation is 1. The summed E-state index contributed by atoms with van der Waals surface area (Å²) in [5.74, 6) is -2.48. The lowest BCUT2D eigenvalue weighted by molar-refractivity contribution is -0.127. The predicted octanol–water partition coefficient (Wildman–Crippen LogP) is 5.81.